The Morgan fingerprint density at radius 3 is 2.68 bits per heavy atom. The maximum absolute atomic E-state index is 13.0. The number of carbonyl (C=O) groups excluding carboxylic acids is 2. The van der Waals surface area contributed by atoms with Gasteiger partial charge in [-0.1, -0.05) is 31.5 Å². The number of likely N-dealkylation sites (tertiary alicyclic amines) is 1. The molecular weight excluding hydrogens is 464 g/mol. The van der Waals surface area contributed by atoms with Crippen LogP contribution < -0.4 is 5.32 Å². The quantitative estimate of drug-likeness (QED) is 0.409. The second-order valence-electron chi connectivity index (χ2n) is 11.1. The third-order valence-electron chi connectivity index (χ3n) is 8.94. The molecule has 0 bridgehead atoms. The van der Waals surface area contributed by atoms with Crippen molar-refractivity contribution in [2.24, 2.45) is 5.41 Å². The Hall–Kier alpha value is -3.71. The fourth-order valence-electron chi connectivity index (χ4n) is 6.61. The van der Waals surface area contributed by atoms with Crippen molar-refractivity contribution >= 4 is 39.2 Å². The third kappa shape index (κ3) is 3.33. The number of nitrogens with zero attached hydrogens (tertiary/aromatic N) is 3. The minimum absolute atomic E-state index is 0.106. The van der Waals surface area contributed by atoms with E-state index in [2.05, 4.69) is 32.9 Å². The largest absolute Gasteiger partial charge is 0.384 e. The Morgan fingerprint density at radius 1 is 1.11 bits per heavy atom. The first kappa shape index (κ1) is 22.5. The highest BCUT2D eigenvalue weighted by Gasteiger charge is 2.42. The Morgan fingerprint density at radius 2 is 1.92 bits per heavy atom. The first-order valence-electron chi connectivity index (χ1n) is 13.2. The molecule has 1 unspecified atom stereocenters. The van der Waals surface area contributed by atoms with Crippen LogP contribution in [0.1, 0.15) is 72.7 Å². The van der Waals surface area contributed by atoms with Crippen LogP contribution >= 0.6 is 0 Å². The van der Waals surface area contributed by atoms with Gasteiger partial charge in [-0.05, 0) is 54.8 Å². The summed E-state index contributed by atoms with van der Waals surface area (Å²) in [7, 11) is 0. The van der Waals surface area contributed by atoms with Crippen molar-refractivity contribution in [1.29, 1.82) is 0 Å². The van der Waals surface area contributed by atoms with Crippen LogP contribution in [-0.2, 0) is 4.79 Å². The first-order valence-corrected chi connectivity index (χ1v) is 13.2. The second-order valence-corrected chi connectivity index (χ2v) is 11.1. The van der Waals surface area contributed by atoms with Gasteiger partial charge in [0.15, 0.2) is 0 Å². The number of carbonyl (C=O) groups is 2. The molecule has 2 aromatic heterocycles. The third-order valence-corrected chi connectivity index (χ3v) is 8.94. The maximum Gasteiger partial charge on any atom is 0.256 e. The number of hydrogen-bond acceptors (Lipinski definition) is 4. The molecule has 1 aliphatic carbocycles. The lowest BCUT2D eigenvalue weighted by molar-refractivity contribution is -0.147. The van der Waals surface area contributed by atoms with Gasteiger partial charge in [0.25, 0.3) is 5.91 Å². The van der Waals surface area contributed by atoms with Crippen molar-refractivity contribution in [3.8, 4) is 0 Å². The van der Waals surface area contributed by atoms with E-state index in [1.165, 1.54) is 0 Å². The molecule has 7 nitrogen and oxygen atoms in total. The minimum Gasteiger partial charge on any atom is -0.384 e. The van der Waals surface area contributed by atoms with Crippen LogP contribution in [0.5, 0.6) is 0 Å². The molecule has 1 saturated carbocycles. The summed E-state index contributed by atoms with van der Waals surface area (Å²) in [6.45, 7) is 3.62. The topological polar surface area (TPSA) is 87.5 Å². The molecule has 4 heterocycles. The average Bonchev–Trinajstić information content (AvgIpc) is 3.46. The number of benzene rings is 2. The van der Waals surface area contributed by atoms with Gasteiger partial charge >= 0.3 is 0 Å². The van der Waals surface area contributed by atoms with Crippen LogP contribution in [0.4, 0.5) is 5.69 Å². The monoisotopic (exact) mass is 494 g/mol. The molecule has 4 aromatic rings. The van der Waals surface area contributed by atoms with E-state index in [4.69, 9.17) is 0 Å². The summed E-state index contributed by atoms with van der Waals surface area (Å²) >= 11 is 0. The van der Waals surface area contributed by atoms with Crippen molar-refractivity contribution < 1.29 is 14.7 Å². The van der Waals surface area contributed by atoms with Crippen molar-refractivity contribution in [3.63, 3.8) is 0 Å². The molecule has 3 aliphatic rings. The van der Waals surface area contributed by atoms with E-state index in [1.807, 2.05) is 42.6 Å². The standard InChI is InChI=1S/C30H30N4O3/c1-30(11-3-12-30)29(37)33-14-9-18(10-15-33)34-17-23(19-8-13-31-16-25(19)34)27(35)21-6-7-24-26-20(21)4-2-5-22(26)28(36)32-24/h2,4-8,13,16-18,27,35H,3,9-12,14-15H2,1H3,(H,32,36). The van der Waals surface area contributed by atoms with Crippen LogP contribution in [0.25, 0.3) is 21.7 Å². The smallest absolute Gasteiger partial charge is 0.256 e. The summed E-state index contributed by atoms with van der Waals surface area (Å²) in [5, 5.41) is 17.4. The van der Waals surface area contributed by atoms with E-state index < -0.39 is 6.10 Å². The number of aromatic nitrogens is 2. The summed E-state index contributed by atoms with van der Waals surface area (Å²) in [6, 6.07) is 11.7. The summed E-state index contributed by atoms with van der Waals surface area (Å²) in [4.78, 5) is 31.9. The number of hydrogen-bond donors (Lipinski definition) is 2. The van der Waals surface area contributed by atoms with E-state index in [0.717, 1.165) is 83.7 Å². The SMILES string of the molecule is CC1(C(=O)N2CCC(n3cc(C(O)c4ccc5c6c(cccc46)C(=O)N5)c4ccncc43)CC2)CCC1. The molecule has 7 rings (SSSR count). The summed E-state index contributed by atoms with van der Waals surface area (Å²) in [6.07, 6.45) is 9.76. The molecule has 1 saturated heterocycles. The molecular formula is C30H30N4O3. The van der Waals surface area contributed by atoms with Gasteiger partial charge in [0, 0.05) is 64.5 Å². The van der Waals surface area contributed by atoms with Crippen LogP contribution in [-0.4, -0.2) is 44.5 Å². The van der Waals surface area contributed by atoms with Crippen molar-refractivity contribution in [2.45, 2.75) is 51.2 Å². The molecule has 0 radical (unpaired) electrons. The van der Waals surface area contributed by atoms with Crippen LogP contribution in [0.2, 0.25) is 0 Å². The number of nitrogens with one attached hydrogen (secondary N) is 1. The van der Waals surface area contributed by atoms with Crippen LogP contribution in [0.15, 0.2) is 55.0 Å². The summed E-state index contributed by atoms with van der Waals surface area (Å²) in [5.74, 6) is 0.207. The summed E-state index contributed by atoms with van der Waals surface area (Å²) < 4.78 is 2.25. The Kier molecular flexibility index (Phi) is 4.95. The minimum atomic E-state index is -0.855. The van der Waals surface area contributed by atoms with Gasteiger partial charge < -0.3 is 19.9 Å². The number of aliphatic hydroxyl groups excluding tert-OH is 1. The molecule has 7 heteroatoms. The van der Waals surface area contributed by atoms with Crippen LogP contribution in [0.3, 0.4) is 0 Å². The molecule has 0 spiro atoms. The van der Waals surface area contributed by atoms with Gasteiger partial charge in [-0.15, -0.1) is 0 Å². The van der Waals surface area contributed by atoms with Gasteiger partial charge in [-0.25, -0.2) is 0 Å². The molecule has 188 valence electrons. The Bertz CT molecular complexity index is 1580. The lowest BCUT2D eigenvalue weighted by Gasteiger charge is -2.43. The highest BCUT2D eigenvalue weighted by molar-refractivity contribution is 6.24. The molecule has 1 atom stereocenters. The molecule has 2 fully saturated rings. The number of rotatable bonds is 4. The van der Waals surface area contributed by atoms with E-state index in [1.54, 1.807) is 6.20 Å². The highest BCUT2D eigenvalue weighted by atomic mass is 16.3. The lowest BCUT2D eigenvalue weighted by atomic mass is 9.69. The number of aliphatic hydroxyl groups is 1. The fourth-order valence-corrected chi connectivity index (χ4v) is 6.61. The number of pyridine rings is 1. The van der Waals surface area contributed by atoms with Gasteiger partial charge in [-0.3, -0.25) is 14.6 Å². The van der Waals surface area contributed by atoms with Crippen molar-refractivity contribution in [2.75, 3.05) is 18.4 Å². The first-order chi connectivity index (χ1) is 17.9. The fraction of sp³-hybridized carbons (Fsp3) is 0.367. The zero-order valence-electron chi connectivity index (χ0n) is 20.9. The molecule has 37 heavy (non-hydrogen) atoms. The van der Waals surface area contributed by atoms with E-state index in [0.29, 0.717) is 11.5 Å². The second kappa shape index (κ2) is 8.15. The van der Waals surface area contributed by atoms with E-state index >= 15 is 0 Å². The van der Waals surface area contributed by atoms with Gasteiger partial charge in [0.1, 0.15) is 6.10 Å². The van der Waals surface area contributed by atoms with Crippen molar-refractivity contribution in [1.82, 2.24) is 14.5 Å². The molecule has 2 N–H and O–H groups in total. The molecule has 2 aliphatic heterocycles. The van der Waals surface area contributed by atoms with Crippen molar-refractivity contribution in [3.05, 3.63) is 71.7 Å². The van der Waals surface area contributed by atoms with E-state index in [-0.39, 0.29) is 17.4 Å². The van der Waals surface area contributed by atoms with Gasteiger partial charge in [0.2, 0.25) is 5.91 Å². The predicted octanol–water partition coefficient (Wildman–Crippen LogP) is 5.19. The maximum atomic E-state index is 13.0. The van der Waals surface area contributed by atoms with Gasteiger partial charge in [-0.2, -0.15) is 0 Å². The van der Waals surface area contributed by atoms with Gasteiger partial charge in [0.05, 0.1) is 11.7 Å². The normalized spacial score (nSPS) is 19.7. The molecule has 2 amide bonds. The highest BCUT2D eigenvalue weighted by Crippen LogP contribution is 2.44. The number of amides is 2. The number of anilines is 1. The zero-order valence-corrected chi connectivity index (χ0v) is 20.9. The summed E-state index contributed by atoms with van der Waals surface area (Å²) in [5.41, 5.74) is 3.88. The number of piperidine rings is 1. The zero-order chi connectivity index (χ0) is 25.3. The molecule has 2 aromatic carbocycles. The lowest BCUT2D eigenvalue weighted by Crippen LogP contribution is -2.49. The van der Waals surface area contributed by atoms with E-state index in [9.17, 15) is 14.7 Å². The Labute approximate surface area is 215 Å². The predicted molar refractivity (Wildman–Crippen MR) is 143 cm³/mol. The average molecular weight is 495 g/mol. The Balaban J connectivity index is 1.23. The van der Waals surface area contributed by atoms with Crippen LogP contribution in [0, 0.1) is 5.41 Å². The number of fused-ring (bicyclic) bond motifs is 1.